The molecule has 0 radical (unpaired) electrons. The number of rotatable bonds is 7. The zero-order valence-electron chi connectivity index (χ0n) is 18.0. The van der Waals surface area contributed by atoms with Crippen LogP contribution in [0.2, 0.25) is 0 Å². The molecule has 1 amide bonds. The minimum Gasteiger partial charge on any atom is -0.305 e. The quantitative estimate of drug-likeness (QED) is 0.221. The van der Waals surface area contributed by atoms with Gasteiger partial charge in [-0.05, 0) is 53.6 Å². The normalized spacial score (nSPS) is 14.9. The number of nitro groups is 1. The molecule has 35 heavy (non-hydrogen) atoms. The molecular formula is C24H17BrFN5O3S. The highest BCUT2D eigenvalue weighted by molar-refractivity contribution is 9.10. The predicted molar refractivity (Wildman–Crippen MR) is 133 cm³/mol. The number of nitro benzene ring substituents is 1. The van der Waals surface area contributed by atoms with E-state index in [4.69, 9.17) is 0 Å². The van der Waals surface area contributed by atoms with Crippen LogP contribution in [0.15, 0.2) is 82.3 Å². The average Bonchev–Trinajstić information content (AvgIpc) is 3.38. The van der Waals surface area contributed by atoms with Gasteiger partial charge in [0.25, 0.3) is 5.69 Å². The number of carbonyl (C=O) groups is 1. The third-order valence-electron chi connectivity index (χ3n) is 5.52. The van der Waals surface area contributed by atoms with Crippen molar-refractivity contribution in [3.8, 4) is 0 Å². The second kappa shape index (κ2) is 9.59. The summed E-state index contributed by atoms with van der Waals surface area (Å²) in [6, 6.07) is 18.0. The van der Waals surface area contributed by atoms with Crippen LogP contribution in [0.5, 0.6) is 0 Å². The summed E-state index contributed by atoms with van der Waals surface area (Å²) in [5.74, 6) is -0.411. The van der Waals surface area contributed by atoms with Crippen LogP contribution in [0.1, 0.15) is 22.1 Å². The molecule has 5 rings (SSSR count). The summed E-state index contributed by atoms with van der Waals surface area (Å²) >= 11 is 4.87. The molecule has 0 spiro atoms. The van der Waals surface area contributed by atoms with Crippen LogP contribution in [0.3, 0.4) is 0 Å². The van der Waals surface area contributed by atoms with Crippen LogP contribution in [0.4, 0.5) is 15.8 Å². The lowest BCUT2D eigenvalue weighted by Crippen LogP contribution is -2.27. The minimum absolute atomic E-state index is 0.0268. The molecule has 1 aliphatic heterocycles. The van der Waals surface area contributed by atoms with E-state index in [2.05, 4.69) is 26.2 Å². The Morgan fingerprint density at radius 1 is 1.06 bits per heavy atom. The van der Waals surface area contributed by atoms with E-state index in [1.54, 1.807) is 40.0 Å². The molecule has 1 unspecified atom stereocenters. The number of amides is 1. The summed E-state index contributed by atoms with van der Waals surface area (Å²) in [6.45, 7) is 0.639. The Labute approximate surface area is 212 Å². The van der Waals surface area contributed by atoms with Crippen molar-refractivity contribution in [3.63, 3.8) is 0 Å². The summed E-state index contributed by atoms with van der Waals surface area (Å²) in [5.41, 5.74) is 3.15. The van der Waals surface area contributed by atoms with E-state index in [-0.39, 0.29) is 24.0 Å². The summed E-state index contributed by atoms with van der Waals surface area (Å²) < 4.78 is 15.8. The van der Waals surface area contributed by atoms with E-state index in [0.29, 0.717) is 12.2 Å². The monoisotopic (exact) mass is 553 g/mol. The van der Waals surface area contributed by atoms with Crippen molar-refractivity contribution < 1.29 is 14.1 Å². The van der Waals surface area contributed by atoms with E-state index in [1.807, 2.05) is 18.2 Å². The number of fused-ring (bicyclic) bond motifs is 1. The highest BCUT2D eigenvalue weighted by Crippen LogP contribution is 2.47. The Bertz CT molecular complexity index is 1410. The SMILES string of the molecule is O=C1C(Sc2ccc(F)cc2)c2cc(Br)ccc2N1Cc1cn(Cc2ccc([N+](=O)[O-])cc2)nn1. The molecule has 0 saturated carbocycles. The maximum atomic E-state index is 13.4. The molecule has 4 aromatic rings. The first-order valence-electron chi connectivity index (χ1n) is 10.5. The second-order valence-corrected chi connectivity index (χ2v) is 10.0. The van der Waals surface area contributed by atoms with Crippen molar-refractivity contribution in [2.45, 2.75) is 23.2 Å². The van der Waals surface area contributed by atoms with Crippen LogP contribution >= 0.6 is 27.7 Å². The molecular weight excluding hydrogens is 537 g/mol. The van der Waals surface area contributed by atoms with Crippen molar-refractivity contribution in [3.05, 3.63) is 110 Å². The number of thioether (sulfide) groups is 1. The van der Waals surface area contributed by atoms with Gasteiger partial charge in [0.1, 0.15) is 16.8 Å². The van der Waals surface area contributed by atoms with E-state index >= 15 is 0 Å². The predicted octanol–water partition coefficient (Wildman–Crippen LogP) is 5.52. The second-order valence-electron chi connectivity index (χ2n) is 7.91. The highest BCUT2D eigenvalue weighted by Gasteiger charge is 2.38. The van der Waals surface area contributed by atoms with Crippen molar-refractivity contribution >= 4 is 45.0 Å². The van der Waals surface area contributed by atoms with Crippen molar-refractivity contribution in [2.24, 2.45) is 0 Å². The standard InChI is InChI=1S/C24H17BrFN5O3S/c25-16-3-10-22-21(11-16)23(35-20-8-4-17(26)5-9-20)24(32)30(22)14-18-13-29(28-27-18)12-15-1-6-19(7-2-15)31(33)34/h1-11,13,23H,12,14H2. The molecule has 0 aliphatic carbocycles. The Balaban J connectivity index is 1.34. The molecule has 8 nitrogen and oxygen atoms in total. The summed E-state index contributed by atoms with van der Waals surface area (Å²) in [5, 5.41) is 18.7. The number of carbonyl (C=O) groups excluding carboxylic acids is 1. The van der Waals surface area contributed by atoms with Gasteiger partial charge in [-0.15, -0.1) is 16.9 Å². The fourth-order valence-corrected chi connectivity index (χ4v) is 5.35. The van der Waals surface area contributed by atoms with Crippen molar-refractivity contribution in [1.29, 1.82) is 0 Å². The van der Waals surface area contributed by atoms with Gasteiger partial charge in [0.15, 0.2) is 0 Å². The van der Waals surface area contributed by atoms with Gasteiger partial charge in [-0.2, -0.15) is 0 Å². The van der Waals surface area contributed by atoms with Gasteiger partial charge in [0, 0.05) is 27.2 Å². The van der Waals surface area contributed by atoms with Crippen molar-refractivity contribution in [1.82, 2.24) is 15.0 Å². The number of benzene rings is 3. The van der Waals surface area contributed by atoms with Gasteiger partial charge < -0.3 is 4.90 Å². The minimum atomic E-state index is -0.469. The molecule has 0 bridgehead atoms. The average molecular weight is 554 g/mol. The number of halogens is 2. The summed E-state index contributed by atoms with van der Waals surface area (Å²) in [7, 11) is 0. The molecule has 1 aromatic heterocycles. The van der Waals surface area contributed by atoms with Gasteiger partial charge in [-0.1, -0.05) is 33.3 Å². The largest absolute Gasteiger partial charge is 0.305 e. The van der Waals surface area contributed by atoms with Gasteiger partial charge in [0.05, 0.1) is 24.2 Å². The maximum Gasteiger partial charge on any atom is 0.269 e. The highest BCUT2D eigenvalue weighted by atomic mass is 79.9. The number of nitrogens with zero attached hydrogens (tertiary/aromatic N) is 5. The smallest absolute Gasteiger partial charge is 0.269 e. The topological polar surface area (TPSA) is 94.2 Å². The number of hydrogen-bond acceptors (Lipinski definition) is 6. The third kappa shape index (κ3) is 4.96. The molecule has 0 fully saturated rings. The number of anilines is 1. The van der Waals surface area contributed by atoms with Gasteiger partial charge in [0.2, 0.25) is 5.91 Å². The zero-order valence-corrected chi connectivity index (χ0v) is 20.4. The van der Waals surface area contributed by atoms with E-state index in [0.717, 1.165) is 26.2 Å². The Morgan fingerprint density at radius 3 is 2.51 bits per heavy atom. The first kappa shape index (κ1) is 23.2. The Hall–Kier alpha value is -3.57. The van der Waals surface area contributed by atoms with Crippen LogP contribution in [-0.4, -0.2) is 25.8 Å². The van der Waals surface area contributed by atoms with Crippen molar-refractivity contribution in [2.75, 3.05) is 4.90 Å². The van der Waals surface area contributed by atoms with Crippen LogP contribution in [0.25, 0.3) is 0 Å². The molecule has 176 valence electrons. The number of aromatic nitrogens is 3. The summed E-state index contributed by atoms with van der Waals surface area (Å²) in [6.07, 6.45) is 1.76. The van der Waals surface area contributed by atoms with E-state index < -0.39 is 10.2 Å². The molecule has 0 N–H and O–H groups in total. The Kier molecular flexibility index (Phi) is 6.35. The molecule has 0 saturated heterocycles. The van der Waals surface area contributed by atoms with E-state index in [9.17, 15) is 19.3 Å². The van der Waals surface area contributed by atoms with Gasteiger partial charge in [-0.3, -0.25) is 14.9 Å². The lowest BCUT2D eigenvalue weighted by Gasteiger charge is -2.16. The fraction of sp³-hybridized carbons (Fsp3) is 0.125. The molecule has 1 aliphatic rings. The van der Waals surface area contributed by atoms with Crippen LogP contribution in [0, 0.1) is 15.9 Å². The van der Waals surface area contributed by atoms with Gasteiger partial charge >= 0.3 is 0 Å². The third-order valence-corrected chi connectivity index (χ3v) is 7.25. The maximum absolute atomic E-state index is 13.4. The molecule has 1 atom stereocenters. The molecule has 3 aromatic carbocycles. The van der Waals surface area contributed by atoms with Crippen LogP contribution < -0.4 is 4.90 Å². The zero-order chi connectivity index (χ0) is 24.5. The summed E-state index contributed by atoms with van der Waals surface area (Å²) in [4.78, 5) is 26.3. The fourth-order valence-electron chi connectivity index (χ4n) is 3.86. The number of non-ortho nitro benzene ring substituents is 1. The number of hydrogen-bond donors (Lipinski definition) is 0. The molecule has 11 heteroatoms. The van der Waals surface area contributed by atoms with E-state index in [1.165, 1.54) is 36.0 Å². The Morgan fingerprint density at radius 2 is 1.80 bits per heavy atom. The lowest BCUT2D eigenvalue weighted by atomic mass is 10.1. The first-order valence-corrected chi connectivity index (χ1v) is 12.2. The van der Waals surface area contributed by atoms with Crippen LogP contribution in [-0.2, 0) is 17.9 Å². The first-order chi connectivity index (χ1) is 16.9. The van der Waals surface area contributed by atoms with Gasteiger partial charge in [-0.25, -0.2) is 9.07 Å². The molecule has 2 heterocycles. The lowest BCUT2D eigenvalue weighted by molar-refractivity contribution is -0.384.